The van der Waals surface area contributed by atoms with Gasteiger partial charge in [0.15, 0.2) is 0 Å². The molecule has 0 spiro atoms. The van der Waals surface area contributed by atoms with Crippen molar-refractivity contribution in [3.63, 3.8) is 0 Å². The van der Waals surface area contributed by atoms with Crippen molar-refractivity contribution in [1.82, 2.24) is 0 Å². The lowest BCUT2D eigenvalue weighted by Crippen LogP contribution is -2.27. The van der Waals surface area contributed by atoms with Crippen LogP contribution >= 0.6 is 0 Å². The summed E-state index contributed by atoms with van der Waals surface area (Å²) in [5.74, 6) is -0.968. The van der Waals surface area contributed by atoms with Crippen molar-refractivity contribution in [2.75, 3.05) is 19.8 Å². The zero-order chi connectivity index (χ0) is 25.1. The first kappa shape index (κ1) is 27.1. The predicted molar refractivity (Wildman–Crippen MR) is 134 cm³/mol. The Balaban J connectivity index is 2.02. The second-order valence-electron chi connectivity index (χ2n) is 8.66. The van der Waals surface area contributed by atoms with E-state index in [2.05, 4.69) is 38.3 Å². The molecule has 34 heavy (non-hydrogen) atoms. The zero-order valence-electron chi connectivity index (χ0n) is 20.5. The molecule has 0 aliphatic carbocycles. The molecular weight excluding hydrogens is 432 g/mol. The lowest BCUT2D eigenvalue weighted by Gasteiger charge is -2.19. The van der Waals surface area contributed by atoms with E-state index in [4.69, 9.17) is 14.2 Å². The Labute approximate surface area is 202 Å². The van der Waals surface area contributed by atoms with Gasteiger partial charge >= 0.3 is 11.9 Å². The Kier molecular flexibility index (Phi) is 10.8. The monoisotopic (exact) mass is 468 g/mol. The smallest absolute Gasteiger partial charge is 0.336 e. The number of hydrogen-bond donors (Lipinski definition) is 1. The molecule has 0 saturated heterocycles. The highest BCUT2D eigenvalue weighted by Gasteiger charge is 2.19. The minimum Gasteiger partial charge on any atom is -0.493 e. The van der Waals surface area contributed by atoms with E-state index in [1.54, 1.807) is 6.92 Å². The fourth-order valence-corrected chi connectivity index (χ4v) is 3.23. The molecule has 6 nitrogen and oxygen atoms in total. The summed E-state index contributed by atoms with van der Waals surface area (Å²) in [6.07, 6.45) is 3.70. The van der Waals surface area contributed by atoms with Crippen LogP contribution in [0.2, 0.25) is 0 Å². The molecule has 2 aromatic carbocycles. The number of hydrogen-bond acceptors (Lipinski definition) is 6. The van der Waals surface area contributed by atoms with Crippen LogP contribution in [0.15, 0.2) is 60.7 Å². The van der Waals surface area contributed by atoms with E-state index in [-0.39, 0.29) is 31.0 Å². The fourth-order valence-electron chi connectivity index (χ4n) is 3.23. The number of fused-ring (bicyclic) bond motifs is 1. The van der Waals surface area contributed by atoms with Gasteiger partial charge in [0, 0.05) is 5.57 Å². The number of esters is 2. The molecule has 0 fully saturated rings. The van der Waals surface area contributed by atoms with Crippen LogP contribution in [0.5, 0.6) is 5.75 Å². The third kappa shape index (κ3) is 8.67. The summed E-state index contributed by atoms with van der Waals surface area (Å²) < 4.78 is 16.4. The molecule has 2 unspecified atom stereocenters. The molecule has 0 aliphatic heterocycles. The van der Waals surface area contributed by atoms with Crippen LogP contribution in [-0.2, 0) is 25.5 Å². The van der Waals surface area contributed by atoms with Gasteiger partial charge in [-0.2, -0.15) is 0 Å². The molecule has 0 saturated carbocycles. The molecule has 1 N–H and O–H groups in total. The van der Waals surface area contributed by atoms with Crippen LogP contribution in [0, 0.1) is 5.92 Å². The quantitative estimate of drug-likeness (QED) is 0.234. The molecule has 2 aromatic rings. The minimum absolute atomic E-state index is 0.00513. The van der Waals surface area contributed by atoms with Gasteiger partial charge in [0.05, 0.1) is 24.2 Å². The summed E-state index contributed by atoms with van der Waals surface area (Å²) in [7, 11) is 0. The first-order valence-electron chi connectivity index (χ1n) is 11.7. The number of carbonyl (C=O) groups is 2. The number of aliphatic hydroxyl groups excluding tert-OH is 1. The maximum absolute atomic E-state index is 12.0. The predicted octanol–water partition coefficient (Wildman–Crippen LogP) is 5.17. The molecule has 184 valence electrons. The number of aliphatic hydroxyl groups is 1. The molecule has 2 rings (SSSR count). The summed E-state index contributed by atoms with van der Waals surface area (Å²) in [5.41, 5.74) is 1.57. The van der Waals surface area contributed by atoms with Gasteiger partial charge in [0.2, 0.25) is 0 Å². The summed E-state index contributed by atoms with van der Waals surface area (Å²) in [5, 5.41) is 11.7. The highest BCUT2D eigenvalue weighted by atomic mass is 16.6. The average molecular weight is 469 g/mol. The summed E-state index contributed by atoms with van der Waals surface area (Å²) >= 11 is 0. The van der Waals surface area contributed by atoms with Gasteiger partial charge in [-0.1, -0.05) is 57.2 Å². The van der Waals surface area contributed by atoms with Crippen LogP contribution in [0.25, 0.3) is 10.8 Å². The van der Waals surface area contributed by atoms with Gasteiger partial charge in [0.1, 0.15) is 19.0 Å². The molecular formula is C28H36O6. The Morgan fingerprint density at radius 1 is 0.941 bits per heavy atom. The van der Waals surface area contributed by atoms with E-state index in [9.17, 15) is 14.7 Å². The van der Waals surface area contributed by atoms with Crippen molar-refractivity contribution in [2.45, 2.75) is 52.6 Å². The van der Waals surface area contributed by atoms with Crippen molar-refractivity contribution in [3.05, 3.63) is 66.3 Å². The number of unbranched alkanes of at least 4 members (excludes halogenated alkanes) is 2. The zero-order valence-corrected chi connectivity index (χ0v) is 20.5. The van der Waals surface area contributed by atoms with Gasteiger partial charge in [0.25, 0.3) is 0 Å². The number of aryl methyl sites for hydroxylation is 1. The Morgan fingerprint density at radius 3 is 2.24 bits per heavy atom. The van der Waals surface area contributed by atoms with Crippen LogP contribution in [0.3, 0.4) is 0 Å². The molecule has 0 aliphatic rings. The third-order valence-corrected chi connectivity index (χ3v) is 5.45. The largest absolute Gasteiger partial charge is 0.493 e. The first-order chi connectivity index (χ1) is 16.2. The third-order valence-electron chi connectivity index (χ3n) is 5.45. The topological polar surface area (TPSA) is 82.1 Å². The lowest BCUT2D eigenvalue weighted by molar-refractivity contribution is -0.145. The van der Waals surface area contributed by atoms with Crippen LogP contribution in [-0.4, -0.2) is 43.0 Å². The van der Waals surface area contributed by atoms with Gasteiger partial charge in [-0.25, -0.2) is 9.59 Å². The molecule has 6 heteroatoms. The standard InChI is InChI=1S/C28H36O6/c1-6-7-8-9-22-10-11-25-15-26(13-12-24(25)14-22)32-16-23(17-33-27(30)19(2)3)18-34-28(31)20(4)21(5)29/h10-15,21,23,29H,2,4,6-9,16-18H2,1,3,5H3. The van der Waals surface area contributed by atoms with Crippen molar-refractivity contribution in [2.24, 2.45) is 5.92 Å². The minimum atomic E-state index is -1.01. The SMILES string of the molecule is C=C(C)C(=O)OCC(COC(=O)C(=C)C(C)O)COc1ccc2cc(CCCCC)ccc2c1. The van der Waals surface area contributed by atoms with Gasteiger partial charge in [-0.05, 0) is 55.2 Å². The maximum atomic E-state index is 12.0. The highest BCUT2D eigenvalue weighted by Crippen LogP contribution is 2.23. The van der Waals surface area contributed by atoms with Gasteiger partial charge in [-0.15, -0.1) is 0 Å². The van der Waals surface area contributed by atoms with Crippen molar-refractivity contribution < 1.29 is 28.9 Å². The fraction of sp³-hybridized carbons (Fsp3) is 0.429. The first-order valence-corrected chi connectivity index (χ1v) is 11.7. The van der Waals surface area contributed by atoms with E-state index in [0.717, 1.165) is 17.2 Å². The Hall–Kier alpha value is -3.12. The van der Waals surface area contributed by atoms with E-state index in [1.165, 1.54) is 31.7 Å². The van der Waals surface area contributed by atoms with Crippen molar-refractivity contribution in [1.29, 1.82) is 0 Å². The number of benzene rings is 2. The van der Waals surface area contributed by atoms with E-state index >= 15 is 0 Å². The van der Waals surface area contributed by atoms with E-state index in [0.29, 0.717) is 5.75 Å². The number of ether oxygens (including phenoxy) is 3. The number of carbonyl (C=O) groups excluding carboxylic acids is 2. The molecule has 0 radical (unpaired) electrons. The second kappa shape index (κ2) is 13.6. The summed E-state index contributed by atoms with van der Waals surface area (Å²) in [4.78, 5) is 23.8. The maximum Gasteiger partial charge on any atom is 0.336 e. The van der Waals surface area contributed by atoms with Gasteiger partial charge in [-0.3, -0.25) is 0 Å². The number of rotatable bonds is 14. The molecule has 2 atom stereocenters. The van der Waals surface area contributed by atoms with Gasteiger partial charge < -0.3 is 19.3 Å². The highest BCUT2D eigenvalue weighted by molar-refractivity contribution is 5.88. The Morgan fingerprint density at radius 2 is 1.59 bits per heavy atom. The average Bonchev–Trinajstić information content (AvgIpc) is 2.82. The molecule has 0 bridgehead atoms. The van der Waals surface area contributed by atoms with E-state index in [1.807, 2.05) is 18.2 Å². The second-order valence-corrected chi connectivity index (χ2v) is 8.66. The summed E-state index contributed by atoms with van der Waals surface area (Å²) in [6, 6.07) is 12.3. The molecule has 0 heterocycles. The normalized spacial score (nSPS) is 12.6. The molecule has 0 aromatic heterocycles. The van der Waals surface area contributed by atoms with Crippen molar-refractivity contribution in [3.8, 4) is 5.75 Å². The summed E-state index contributed by atoms with van der Waals surface area (Å²) in [6.45, 7) is 12.4. The van der Waals surface area contributed by atoms with E-state index < -0.39 is 24.0 Å². The van der Waals surface area contributed by atoms with Crippen molar-refractivity contribution >= 4 is 22.7 Å². The van der Waals surface area contributed by atoms with Crippen LogP contribution in [0.4, 0.5) is 0 Å². The van der Waals surface area contributed by atoms with Crippen LogP contribution < -0.4 is 4.74 Å². The Bertz CT molecular complexity index is 1010. The lowest BCUT2D eigenvalue weighted by atomic mass is 10.0. The molecule has 0 amide bonds. The van der Waals surface area contributed by atoms with Crippen LogP contribution in [0.1, 0.15) is 45.6 Å².